The highest BCUT2D eigenvalue weighted by Gasteiger charge is 2.30. The van der Waals surface area contributed by atoms with Crippen molar-refractivity contribution in [2.75, 3.05) is 18.0 Å². The number of rotatable bonds is 5. The molecule has 1 saturated heterocycles. The number of nitrogens with one attached hydrogen (secondary N) is 1. The van der Waals surface area contributed by atoms with E-state index in [-0.39, 0.29) is 11.9 Å². The van der Waals surface area contributed by atoms with Crippen LogP contribution in [0.3, 0.4) is 0 Å². The molecule has 2 aromatic heterocycles. The van der Waals surface area contributed by atoms with Gasteiger partial charge in [-0.2, -0.15) is 4.98 Å². The van der Waals surface area contributed by atoms with Crippen molar-refractivity contribution in [1.29, 1.82) is 0 Å². The van der Waals surface area contributed by atoms with Crippen LogP contribution in [-0.4, -0.2) is 33.9 Å². The van der Waals surface area contributed by atoms with Gasteiger partial charge in [-0.1, -0.05) is 42.5 Å². The Kier molecular flexibility index (Phi) is 4.86. The molecular weight excluding hydrogens is 390 g/mol. The zero-order valence-electron chi connectivity index (χ0n) is 17.4. The number of carbonyl (C=O) groups excluding carboxylic acids is 1. The first kappa shape index (κ1) is 19.2. The SMILES string of the molecule is CC(=O)N[C@@H](C)c1ccc(C2CN(c3ncc4nc(-c5ccccc5)oc4n3)C2)cc1. The normalized spacial score (nSPS) is 15.0. The van der Waals surface area contributed by atoms with E-state index >= 15 is 0 Å². The van der Waals surface area contributed by atoms with Crippen LogP contribution in [-0.2, 0) is 4.79 Å². The summed E-state index contributed by atoms with van der Waals surface area (Å²) in [4.78, 5) is 26.9. The summed E-state index contributed by atoms with van der Waals surface area (Å²) in [6.45, 7) is 5.23. The van der Waals surface area contributed by atoms with Gasteiger partial charge in [-0.3, -0.25) is 4.79 Å². The van der Waals surface area contributed by atoms with Crippen LogP contribution >= 0.6 is 0 Å². The maximum absolute atomic E-state index is 11.2. The van der Waals surface area contributed by atoms with Gasteiger partial charge in [0.1, 0.15) is 5.52 Å². The quantitative estimate of drug-likeness (QED) is 0.531. The van der Waals surface area contributed by atoms with E-state index in [9.17, 15) is 4.79 Å². The molecular formula is C24H23N5O2. The minimum atomic E-state index is -0.0224. The Bertz CT molecular complexity index is 1210. The van der Waals surface area contributed by atoms with E-state index in [2.05, 4.69) is 49.4 Å². The van der Waals surface area contributed by atoms with Crippen LogP contribution in [0.25, 0.3) is 22.7 Å². The molecule has 1 aliphatic heterocycles. The Morgan fingerprint density at radius 1 is 1.10 bits per heavy atom. The number of nitrogens with zero attached hydrogens (tertiary/aromatic N) is 4. The van der Waals surface area contributed by atoms with Crippen molar-refractivity contribution in [2.45, 2.75) is 25.8 Å². The predicted octanol–water partition coefficient (Wildman–Crippen LogP) is 4.09. The fourth-order valence-corrected chi connectivity index (χ4v) is 3.88. The lowest BCUT2D eigenvalue weighted by Gasteiger charge is -2.39. The molecule has 31 heavy (non-hydrogen) atoms. The van der Waals surface area contributed by atoms with Crippen LogP contribution in [0.15, 0.2) is 65.2 Å². The first-order valence-electron chi connectivity index (χ1n) is 10.4. The summed E-state index contributed by atoms with van der Waals surface area (Å²) < 4.78 is 5.87. The van der Waals surface area contributed by atoms with Crippen molar-refractivity contribution < 1.29 is 9.21 Å². The smallest absolute Gasteiger partial charge is 0.252 e. The van der Waals surface area contributed by atoms with Crippen LogP contribution in [0.2, 0.25) is 0 Å². The molecule has 0 aliphatic carbocycles. The lowest BCUT2D eigenvalue weighted by atomic mass is 9.90. The summed E-state index contributed by atoms with van der Waals surface area (Å²) in [6, 6.07) is 18.2. The molecule has 7 nitrogen and oxygen atoms in total. The minimum absolute atomic E-state index is 0.00671. The molecule has 0 radical (unpaired) electrons. The predicted molar refractivity (Wildman–Crippen MR) is 119 cm³/mol. The highest BCUT2D eigenvalue weighted by Crippen LogP contribution is 2.31. The minimum Gasteiger partial charge on any atom is -0.417 e. The topological polar surface area (TPSA) is 84.2 Å². The van der Waals surface area contributed by atoms with Gasteiger partial charge in [-0.15, -0.1) is 0 Å². The second-order valence-corrected chi connectivity index (χ2v) is 7.94. The maximum atomic E-state index is 11.2. The zero-order chi connectivity index (χ0) is 21.4. The fraction of sp³-hybridized carbons (Fsp3) is 0.250. The molecule has 1 aliphatic rings. The fourth-order valence-electron chi connectivity index (χ4n) is 3.88. The van der Waals surface area contributed by atoms with E-state index in [4.69, 9.17) is 4.42 Å². The van der Waals surface area contributed by atoms with Crippen molar-refractivity contribution in [3.8, 4) is 11.5 Å². The second-order valence-electron chi connectivity index (χ2n) is 7.94. The average Bonchev–Trinajstić information content (AvgIpc) is 3.17. The lowest BCUT2D eigenvalue weighted by Crippen LogP contribution is -2.45. The molecule has 4 aromatic rings. The van der Waals surface area contributed by atoms with E-state index in [0.29, 0.717) is 29.0 Å². The summed E-state index contributed by atoms with van der Waals surface area (Å²) in [7, 11) is 0. The van der Waals surface area contributed by atoms with Gasteiger partial charge >= 0.3 is 0 Å². The van der Waals surface area contributed by atoms with Crippen LogP contribution in [0.4, 0.5) is 5.95 Å². The summed E-state index contributed by atoms with van der Waals surface area (Å²) in [5.74, 6) is 1.62. The Morgan fingerprint density at radius 2 is 1.84 bits per heavy atom. The first-order valence-corrected chi connectivity index (χ1v) is 10.4. The van der Waals surface area contributed by atoms with Crippen molar-refractivity contribution in [2.24, 2.45) is 0 Å². The standard InChI is InChI=1S/C24H23N5O2/c1-15(26-16(2)30)17-8-10-18(11-9-17)20-13-29(14-20)24-25-12-21-23(28-24)31-22(27-21)19-6-4-3-5-7-19/h3-12,15,20H,13-14H2,1-2H3,(H,26,30)/t15-/m0/s1. The number of benzene rings is 2. The van der Waals surface area contributed by atoms with Crippen LogP contribution < -0.4 is 10.2 Å². The van der Waals surface area contributed by atoms with Gasteiger partial charge in [0.05, 0.1) is 12.2 Å². The molecule has 0 unspecified atom stereocenters. The van der Waals surface area contributed by atoms with Crippen molar-refractivity contribution in [3.63, 3.8) is 0 Å². The molecule has 5 rings (SSSR count). The van der Waals surface area contributed by atoms with Gasteiger partial charge in [0.15, 0.2) is 0 Å². The highest BCUT2D eigenvalue weighted by molar-refractivity contribution is 5.73. The molecule has 3 heterocycles. The summed E-state index contributed by atoms with van der Waals surface area (Å²) in [5, 5.41) is 2.91. The molecule has 1 N–H and O–H groups in total. The Hall–Kier alpha value is -3.74. The van der Waals surface area contributed by atoms with Gasteiger partial charge in [0.25, 0.3) is 5.71 Å². The number of anilines is 1. The van der Waals surface area contributed by atoms with E-state index in [1.165, 1.54) is 12.5 Å². The third-order valence-corrected chi connectivity index (χ3v) is 5.65. The van der Waals surface area contributed by atoms with Crippen LogP contribution in [0, 0.1) is 0 Å². The molecule has 1 fully saturated rings. The van der Waals surface area contributed by atoms with Gasteiger partial charge in [0, 0.05) is 31.5 Å². The third-order valence-electron chi connectivity index (χ3n) is 5.65. The summed E-state index contributed by atoms with van der Waals surface area (Å²) >= 11 is 0. The van der Waals surface area contributed by atoms with Crippen molar-refractivity contribution in [3.05, 3.63) is 71.9 Å². The first-order chi connectivity index (χ1) is 15.1. The number of aromatic nitrogens is 3. The van der Waals surface area contributed by atoms with Crippen molar-refractivity contribution >= 4 is 23.1 Å². The number of oxazole rings is 1. The molecule has 7 heteroatoms. The number of carbonyl (C=O) groups is 1. The third kappa shape index (κ3) is 3.86. The van der Waals surface area contributed by atoms with E-state index < -0.39 is 0 Å². The van der Waals surface area contributed by atoms with E-state index in [1.807, 2.05) is 37.3 Å². The van der Waals surface area contributed by atoms with Gasteiger partial charge in [-0.25, -0.2) is 9.97 Å². The Morgan fingerprint density at radius 3 is 2.55 bits per heavy atom. The van der Waals surface area contributed by atoms with Crippen LogP contribution in [0.1, 0.15) is 36.9 Å². The van der Waals surface area contributed by atoms with Crippen LogP contribution in [0.5, 0.6) is 0 Å². The molecule has 1 atom stereocenters. The maximum Gasteiger partial charge on any atom is 0.252 e. The molecule has 2 aromatic carbocycles. The average molecular weight is 413 g/mol. The zero-order valence-corrected chi connectivity index (χ0v) is 17.4. The van der Waals surface area contributed by atoms with E-state index in [0.717, 1.165) is 24.2 Å². The number of fused-ring (bicyclic) bond motifs is 1. The van der Waals surface area contributed by atoms with Gasteiger partial charge < -0.3 is 14.6 Å². The molecule has 0 saturated carbocycles. The lowest BCUT2D eigenvalue weighted by molar-refractivity contribution is -0.119. The second kappa shape index (κ2) is 7.83. The highest BCUT2D eigenvalue weighted by atomic mass is 16.4. The van der Waals surface area contributed by atoms with Gasteiger partial charge in [-0.05, 0) is 30.2 Å². The largest absolute Gasteiger partial charge is 0.417 e. The summed E-state index contributed by atoms with van der Waals surface area (Å²) in [6.07, 6.45) is 1.72. The van der Waals surface area contributed by atoms with Crippen molar-refractivity contribution in [1.82, 2.24) is 20.3 Å². The molecule has 156 valence electrons. The molecule has 0 bridgehead atoms. The number of amides is 1. The number of hydrogen-bond acceptors (Lipinski definition) is 6. The molecule has 1 amide bonds. The number of hydrogen-bond donors (Lipinski definition) is 1. The molecule has 0 spiro atoms. The monoisotopic (exact) mass is 413 g/mol. The van der Waals surface area contributed by atoms with Gasteiger partial charge in [0.2, 0.25) is 17.7 Å². The summed E-state index contributed by atoms with van der Waals surface area (Å²) in [5.41, 5.74) is 4.46. The van der Waals surface area contributed by atoms with E-state index in [1.54, 1.807) is 6.20 Å². The Balaban J connectivity index is 1.26. The Labute approximate surface area is 180 Å².